The van der Waals surface area contributed by atoms with Gasteiger partial charge in [0.05, 0.1) is 34.5 Å². The summed E-state index contributed by atoms with van der Waals surface area (Å²) in [6.45, 7) is 5.18. The normalized spacial score (nSPS) is 15.2. The number of halogens is 1. The zero-order chi connectivity index (χ0) is 19.7. The number of aromatic amines is 1. The van der Waals surface area contributed by atoms with Crippen LogP contribution in [-0.2, 0) is 6.42 Å². The molecule has 1 aromatic carbocycles. The Balaban J connectivity index is 1.47. The topological polar surface area (TPSA) is 79.7 Å². The molecular weight excluding hydrogens is 359 g/mol. The molecule has 1 aliphatic rings. The predicted octanol–water partition coefficient (Wildman–Crippen LogP) is 2.84. The van der Waals surface area contributed by atoms with Crippen molar-refractivity contribution in [2.45, 2.75) is 33.1 Å². The summed E-state index contributed by atoms with van der Waals surface area (Å²) in [6.07, 6.45) is 4.54. The number of rotatable bonds is 4. The Bertz CT molecular complexity index is 956. The standard InChI is InChI=1S/C20H23FN6O/c1-13-19(14(2)27(24-13)18-5-3-16(21)4-6-18)20(28)26-9-7-15(8-10-26)11-17-12-22-25-23-17/h3-6,12,15H,7-11H2,1-2H3,(H,22,23,25). The lowest BCUT2D eigenvalue weighted by atomic mass is 9.92. The highest BCUT2D eigenvalue weighted by atomic mass is 19.1. The second-order valence-electron chi connectivity index (χ2n) is 7.34. The second-order valence-corrected chi connectivity index (χ2v) is 7.34. The Hall–Kier alpha value is -3.03. The number of carbonyl (C=O) groups excluding carboxylic acids is 1. The molecule has 7 nitrogen and oxygen atoms in total. The Morgan fingerprint density at radius 2 is 1.93 bits per heavy atom. The summed E-state index contributed by atoms with van der Waals surface area (Å²) in [5.74, 6) is 0.233. The van der Waals surface area contributed by atoms with Crippen LogP contribution in [0.2, 0.25) is 0 Å². The molecular formula is C20H23FN6O. The number of piperidine rings is 1. The maximum atomic E-state index is 13.2. The summed E-state index contributed by atoms with van der Waals surface area (Å²) in [4.78, 5) is 15.1. The van der Waals surface area contributed by atoms with Crippen LogP contribution in [0.3, 0.4) is 0 Å². The number of carbonyl (C=O) groups is 1. The largest absolute Gasteiger partial charge is 0.339 e. The molecule has 28 heavy (non-hydrogen) atoms. The maximum Gasteiger partial charge on any atom is 0.257 e. The molecule has 0 atom stereocenters. The van der Waals surface area contributed by atoms with Crippen LogP contribution in [0.1, 0.15) is 40.3 Å². The fourth-order valence-corrected chi connectivity index (χ4v) is 3.90. The van der Waals surface area contributed by atoms with Crippen molar-refractivity contribution >= 4 is 5.91 Å². The smallest absolute Gasteiger partial charge is 0.257 e. The van der Waals surface area contributed by atoms with Crippen molar-refractivity contribution in [3.63, 3.8) is 0 Å². The minimum Gasteiger partial charge on any atom is -0.339 e. The van der Waals surface area contributed by atoms with Crippen LogP contribution in [0.5, 0.6) is 0 Å². The van der Waals surface area contributed by atoms with Crippen molar-refractivity contribution in [1.29, 1.82) is 0 Å². The molecule has 146 valence electrons. The van der Waals surface area contributed by atoms with E-state index >= 15 is 0 Å². The molecule has 0 bridgehead atoms. The maximum absolute atomic E-state index is 13.2. The molecule has 0 saturated carbocycles. The van der Waals surface area contributed by atoms with E-state index in [1.165, 1.54) is 12.1 Å². The Morgan fingerprint density at radius 1 is 1.21 bits per heavy atom. The number of aromatic nitrogens is 5. The van der Waals surface area contributed by atoms with Crippen LogP contribution in [0.4, 0.5) is 4.39 Å². The van der Waals surface area contributed by atoms with Gasteiger partial charge in [-0.3, -0.25) is 4.79 Å². The number of nitrogens with one attached hydrogen (secondary N) is 1. The van der Waals surface area contributed by atoms with Crippen molar-refractivity contribution in [3.8, 4) is 5.69 Å². The number of aryl methyl sites for hydroxylation is 1. The van der Waals surface area contributed by atoms with Gasteiger partial charge >= 0.3 is 0 Å². The van der Waals surface area contributed by atoms with E-state index in [0.29, 0.717) is 17.2 Å². The number of likely N-dealkylation sites (tertiary alicyclic amines) is 1. The molecule has 1 N–H and O–H groups in total. The van der Waals surface area contributed by atoms with Gasteiger partial charge in [-0.1, -0.05) is 0 Å². The minimum atomic E-state index is -0.296. The van der Waals surface area contributed by atoms with Gasteiger partial charge in [0.15, 0.2) is 0 Å². The lowest BCUT2D eigenvalue weighted by molar-refractivity contribution is 0.0688. The zero-order valence-electron chi connectivity index (χ0n) is 16.0. The summed E-state index contributed by atoms with van der Waals surface area (Å²) in [7, 11) is 0. The van der Waals surface area contributed by atoms with E-state index in [9.17, 15) is 9.18 Å². The average molecular weight is 382 g/mol. The number of hydrogen-bond acceptors (Lipinski definition) is 4. The predicted molar refractivity (Wildman–Crippen MR) is 102 cm³/mol. The van der Waals surface area contributed by atoms with Gasteiger partial charge in [0.25, 0.3) is 5.91 Å². The third-order valence-corrected chi connectivity index (χ3v) is 5.44. The first-order chi connectivity index (χ1) is 13.5. The van der Waals surface area contributed by atoms with Crippen molar-refractivity contribution in [1.82, 2.24) is 30.1 Å². The molecule has 8 heteroatoms. The molecule has 0 radical (unpaired) electrons. The van der Waals surface area contributed by atoms with Gasteiger partial charge in [-0.25, -0.2) is 9.07 Å². The first kappa shape index (κ1) is 18.3. The van der Waals surface area contributed by atoms with Crippen molar-refractivity contribution in [2.24, 2.45) is 5.92 Å². The molecule has 4 rings (SSSR count). The fourth-order valence-electron chi connectivity index (χ4n) is 3.90. The number of benzene rings is 1. The molecule has 0 spiro atoms. The first-order valence-electron chi connectivity index (χ1n) is 9.49. The minimum absolute atomic E-state index is 0.0169. The summed E-state index contributed by atoms with van der Waals surface area (Å²) in [6, 6.07) is 6.12. The van der Waals surface area contributed by atoms with Crippen molar-refractivity contribution in [3.05, 3.63) is 58.9 Å². The molecule has 1 amide bonds. The third kappa shape index (κ3) is 3.54. The van der Waals surface area contributed by atoms with E-state index in [1.807, 2.05) is 18.7 Å². The molecule has 1 fully saturated rings. The third-order valence-electron chi connectivity index (χ3n) is 5.44. The number of hydrogen-bond donors (Lipinski definition) is 1. The van der Waals surface area contributed by atoms with E-state index in [-0.39, 0.29) is 11.7 Å². The Morgan fingerprint density at radius 3 is 2.57 bits per heavy atom. The SMILES string of the molecule is Cc1nn(-c2ccc(F)cc2)c(C)c1C(=O)N1CCC(Cc2cn[nH]n2)CC1. The van der Waals surface area contributed by atoms with Gasteiger partial charge < -0.3 is 4.90 Å². The molecule has 3 aromatic rings. The van der Waals surface area contributed by atoms with E-state index in [0.717, 1.165) is 49.4 Å². The van der Waals surface area contributed by atoms with Gasteiger partial charge in [0, 0.05) is 13.1 Å². The van der Waals surface area contributed by atoms with E-state index in [4.69, 9.17) is 0 Å². The van der Waals surface area contributed by atoms with E-state index in [2.05, 4.69) is 20.5 Å². The van der Waals surface area contributed by atoms with Crippen LogP contribution < -0.4 is 0 Å². The fraction of sp³-hybridized carbons (Fsp3) is 0.400. The molecule has 0 unspecified atom stereocenters. The highest BCUT2D eigenvalue weighted by Crippen LogP contribution is 2.25. The summed E-state index contributed by atoms with van der Waals surface area (Å²) in [5, 5.41) is 15.1. The molecule has 2 aromatic heterocycles. The van der Waals surface area contributed by atoms with E-state index in [1.54, 1.807) is 23.0 Å². The van der Waals surface area contributed by atoms with Crippen LogP contribution in [0, 0.1) is 25.6 Å². The quantitative estimate of drug-likeness (QED) is 0.752. The molecule has 1 saturated heterocycles. The van der Waals surface area contributed by atoms with Gasteiger partial charge in [-0.05, 0) is 63.3 Å². The van der Waals surface area contributed by atoms with Crippen molar-refractivity contribution in [2.75, 3.05) is 13.1 Å². The monoisotopic (exact) mass is 382 g/mol. The Labute approximate surface area is 162 Å². The van der Waals surface area contributed by atoms with Gasteiger partial charge in [-0.15, -0.1) is 0 Å². The average Bonchev–Trinajstić information content (AvgIpc) is 3.30. The Kier molecular flexibility index (Phi) is 4.93. The lowest BCUT2D eigenvalue weighted by Crippen LogP contribution is -2.39. The van der Waals surface area contributed by atoms with Crippen LogP contribution >= 0.6 is 0 Å². The highest BCUT2D eigenvalue weighted by Gasteiger charge is 2.28. The van der Waals surface area contributed by atoms with Crippen molar-refractivity contribution < 1.29 is 9.18 Å². The van der Waals surface area contributed by atoms with E-state index < -0.39 is 0 Å². The van der Waals surface area contributed by atoms with Gasteiger partial charge in [-0.2, -0.15) is 20.5 Å². The van der Waals surface area contributed by atoms with Crippen LogP contribution in [0.15, 0.2) is 30.5 Å². The summed E-state index contributed by atoms with van der Waals surface area (Å²) >= 11 is 0. The molecule has 0 aliphatic carbocycles. The lowest BCUT2D eigenvalue weighted by Gasteiger charge is -2.31. The molecule has 3 heterocycles. The second kappa shape index (κ2) is 7.53. The van der Waals surface area contributed by atoms with Gasteiger partial charge in [0.1, 0.15) is 5.82 Å². The van der Waals surface area contributed by atoms with Gasteiger partial charge in [0.2, 0.25) is 0 Å². The first-order valence-corrected chi connectivity index (χ1v) is 9.49. The van der Waals surface area contributed by atoms with Crippen LogP contribution in [-0.4, -0.2) is 49.1 Å². The zero-order valence-corrected chi connectivity index (χ0v) is 16.0. The number of nitrogens with zero attached hydrogens (tertiary/aromatic N) is 5. The number of H-pyrrole nitrogens is 1. The van der Waals surface area contributed by atoms with Crippen LogP contribution in [0.25, 0.3) is 5.69 Å². The molecule has 1 aliphatic heterocycles. The number of amides is 1. The highest BCUT2D eigenvalue weighted by molar-refractivity contribution is 5.96. The summed E-state index contributed by atoms with van der Waals surface area (Å²) < 4.78 is 14.9. The summed E-state index contributed by atoms with van der Waals surface area (Å²) in [5.41, 5.74) is 3.82.